The SMILES string of the molecule is Nc1coc(=O)o1. The Morgan fingerprint density at radius 2 is 2.43 bits per heavy atom. The van der Waals surface area contributed by atoms with Crippen molar-refractivity contribution < 1.29 is 8.83 Å². The summed E-state index contributed by atoms with van der Waals surface area (Å²) < 4.78 is 8.26. The van der Waals surface area contributed by atoms with Crippen molar-refractivity contribution in [3.63, 3.8) is 0 Å². The molecule has 0 unspecified atom stereocenters. The predicted molar refractivity (Wildman–Crippen MR) is 21.7 cm³/mol. The van der Waals surface area contributed by atoms with Gasteiger partial charge in [-0.3, -0.25) is 0 Å². The molecular formula is C3H3NO3. The Bertz CT molecular complexity index is 198. The highest BCUT2D eigenvalue weighted by atomic mass is 16.6. The Morgan fingerprint density at radius 3 is 2.57 bits per heavy atom. The Hall–Kier alpha value is -1.19. The van der Waals surface area contributed by atoms with Gasteiger partial charge in [-0.1, -0.05) is 0 Å². The van der Waals surface area contributed by atoms with Crippen LogP contribution in [0.25, 0.3) is 0 Å². The van der Waals surface area contributed by atoms with Crippen LogP contribution in [0.5, 0.6) is 0 Å². The Labute approximate surface area is 38.5 Å². The molecule has 0 aliphatic heterocycles. The van der Waals surface area contributed by atoms with Crippen LogP contribution in [0.4, 0.5) is 5.88 Å². The molecule has 0 aliphatic rings. The van der Waals surface area contributed by atoms with Gasteiger partial charge in [0.15, 0.2) is 6.26 Å². The molecule has 1 aromatic rings. The van der Waals surface area contributed by atoms with E-state index in [0.717, 1.165) is 6.26 Å². The van der Waals surface area contributed by atoms with Gasteiger partial charge in [0.25, 0.3) is 0 Å². The molecule has 1 heterocycles. The number of nitrogen functional groups attached to an aromatic ring is 1. The topological polar surface area (TPSA) is 69.4 Å². The molecule has 2 N–H and O–H groups in total. The van der Waals surface area contributed by atoms with E-state index in [1.54, 1.807) is 0 Å². The van der Waals surface area contributed by atoms with Gasteiger partial charge in [-0.2, -0.15) is 0 Å². The molecule has 0 amide bonds. The maximum atomic E-state index is 9.88. The highest BCUT2D eigenvalue weighted by Gasteiger charge is 1.89. The number of rotatable bonds is 0. The van der Waals surface area contributed by atoms with Gasteiger partial charge in [0, 0.05) is 0 Å². The van der Waals surface area contributed by atoms with Gasteiger partial charge in [-0.15, -0.1) is 0 Å². The molecule has 0 saturated carbocycles. The highest BCUT2D eigenvalue weighted by molar-refractivity contribution is 5.13. The fourth-order valence-corrected chi connectivity index (χ4v) is 0.251. The molecule has 7 heavy (non-hydrogen) atoms. The van der Waals surface area contributed by atoms with Crippen molar-refractivity contribution in [3.8, 4) is 0 Å². The second-order valence-electron chi connectivity index (χ2n) is 0.990. The van der Waals surface area contributed by atoms with Gasteiger partial charge < -0.3 is 14.6 Å². The second-order valence-corrected chi connectivity index (χ2v) is 0.990. The van der Waals surface area contributed by atoms with E-state index in [2.05, 4.69) is 8.83 Å². The van der Waals surface area contributed by atoms with E-state index in [4.69, 9.17) is 5.73 Å². The quantitative estimate of drug-likeness (QED) is 0.492. The van der Waals surface area contributed by atoms with Crippen LogP contribution in [-0.2, 0) is 0 Å². The second kappa shape index (κ2) is 1.14. The van der Waals surface area contributed by atoms with E-state index in [1.165, 1.54) is 0 Å². The van der Waals surface area contributed by atoms with E-state index < -0.39 is 5.82 Å². The molecule has 0 bridgehead atoms. The summed E-state index contributed by atoms with van der Waals surface area (Å²) in [5.41, 5.74) is 4.92. The largest absolute Gasteiger partial charge is 0.520 e. The summed E-state index contributed by atoms with van der Waals surface area (Å²) in [4.78, 5) is 9.88. The molecule has 0 saturated heterocycles. The van der Waals surface area contributed by atoms with Crippen molar-refractivity contribution in [2.45, 2.75) is 0 Å². The van der Waals surface area contributed by atoms with E-state index in [1.807, 2.05) is 0 Å². The monoisotopic (exact) mass is 101 g/mol. The fraction of sp³-hybridized carbons (Fsp3) is 0. The van der Waals surface area contributed by atoms with Crippen LogP contribution in [0, 0.1) is 0 Å². The van der Waals surface area contributed by atoms with Crippen molar-refractivity contribution in [3.05, 3.63) is 16.9 Å². The lowest BCUT2D eigenvalue weighted by molar-refractivity contribution is 0.390. The first kappa shape index (κ1) is 3.98. The molecule has 0 radical (unpaired) electrons. The summed E-state index contributed by atoms with van der Waals surface area (Å²) in [6, 6.07) is 0. The summed E-state index contributed by atoms with van der Waals surface area (Å²) >= 11 is 0. The first-order chi connectivity index (χ1) is 3.29. The Kier molecular flexibility index (Phi) is 0.651. The van der Waals surface area contributed by atoms with Crippen molar-refractivity contribution in [2.75, 3.05) is 5.73 Å². The third-order valence-electron chi connectivity index (χ3n) is 0.472. The van der Waals surface area contributed by atoms with Gasteiger partial charge in [-0.25, -0.2) is 4.79 Å². The lowest BCUT2D eigenvalue weighted by atomic mass is 10.9. The van der Waals surface area contributed by atoms with Gasteiger partial charge >= 0.3 is 5.82 Å². The van der Waals surface area contributed by atoms with Crippen LogP contribution >= 0.6 is 0 Å². The average molecular weight is 101 g/mol. The van der Waals surface area contributed by atoms with Gasteiger partial charge in [0.05, 0.1) is 0 Å². The van der Waals surface area contributed by atoms with Crippen LogP contribution in [0.15, 0.2) is 19.9 Å². The first-order valence-electron chi connectivity index (χ1n) is 1.63. The minimum absolute atomic E-state index is 0.00463. The third kappa shape index (κ3) is 0.623. The van der Waals surface area contributed by atoms with E-state index in [0.29, 0.717) is 0 Å². The third-order valence-corrected chi connectivity index (χ3v) is 0.472. The van der Waals surface area contributed by atoms with Crippen molar-refractivity contribution in [1.82, 2.24) is 0 Å². The number of hydrogen-bond acceptors (Lipinski definition) is 4. The molecule has 1 aromatic heterocycles. The van der Waals surface area contributed by atoms with Crippen molar-refractivity contribution in [2.24, 2.45) is 0 Å². The van der Waals surface area contributed by atoms with Crippen LogP contribution in [-0.4, -0.2) is 0 Å². The normalized spacial score (nSPS) is 9.14. The maximum Gasteiger partial charge on any atom is 0.520 e. The number of hydrogen-bond donors (Lipinski definition) is 1. The van der Waals surface area contributed by atoms with E-state index >= 15 is 0 Å². The maximum absolute atomic E-state index is 9.88. The smallest absolute Gasteiger partial charge is 0.397 e. The molecule has 1 rings (SSSR count). The van der Waals surface area contributed by atoms with Gasteiger partial charge in [0.1, 0.15) is 0 Å². The number of nitrogens with two attached hydrogens (primary N) is 1. The standard InChI is InChI=1S/C3H3NO3/c4-2-1-6-3(5)7-2/h1H,4H2. The summed E-state index contributed by atoms with van der Waals surface area (Å²) in [6.07, 6.45) is 1.04. The average Bonchev–Trinajstić information content (AvgIpc) is 1.87. The first-order valence-corrected chi connectivity index (χ1v) is 1.63. The Morgan fingerprint density at radius 1 is 1.71 bits per heavy atom. The lowest BCUT2D eigenvalue weighted by Gasteiger charge is -1.65. The van der Waals surface area contributed by atoms with Crippen LogP contribution in [0.2, 0.25) is 0 Å². The molecule has 4 nitrogen and oxygen atoms in total. The molecule has 0 spiro atoms. The molecule has 0 fully saturated rings. The van der Waals surface area contributed by atoms with Crippen molar-refractivity contribution in [1.29, 1.82) is 0 Å². The molecule has 0 aliphatic carbocycles. The zero-order valence-electron chi connectivity index (χ0n) is 3.38. The van der Waals surface area contributed by atoms with E-state index in [9.17, 15) is 4.79 Å². The molecule has 0 atom stereocenters. The zero-order valence-corrected chi connectivity index (χ0v) is 3.38. The summed E-state index contributed by atoms with van der Waals surface area (Å²) in [5, 5.41) is 0. The molecular weight excluding hydrogens is 98.0 g/mol. The zero-order chi connectivity index (χ0) is 5.28. The van der Waals surface area contributed by atoms with Crippen molar-refractivity contribution >= 4 is 5.88 Å². The molecule has 4 heteroatoms. The lowest BCUT2D eigenvalue weighted by Crippen LogP contribution is -1.86. The predicted octanol–water partition coefficient (Wildman–Crippen LogP) is -0.185. The summed E-state index contributed by atoms with van der Waals surface area (Å²) in [5.74, 6) is -0.762. The minimum atomic E-state index is -0.766. The molecule has 0 aromatic carbocycles. The van der Waals surface area contributed by atoms with Gasteiger partial charge in [0.2, 0.25) is 5.88 Å². The van der Waals surface area contributed by atoms with Crippen LogP contribution < -0.4 is 11.6 Å². The fourth-order valence-electron chi connectivity index (χ4n) is 0.251. The number of anilines is 1. The minimum Gasteiger partial charge on any atom is -0.397 e. The van der Waals surface area contributed by atoms with Crippen LogP contribution in [0.1, 0.15) is 0 Å². The van der Waals surface area contributed by atoms with Crippen LogP contribution in [0.3, 0.4) is 0 Å². The summed E-state index contributed by atoms with van der Waals surface area (Å²) in [7, 11) is 0. The highest BCUT2D eigenvalue weighted by Crippen LogP contribution is 1.91. The molecule has 38 valence electrons. The van der Waals surface area contributed by atoms with E-state index in [-0.39, 0.29) is 5.88 Å². The Balaban J connectivity index is 3.30. The van der Waals surface area contributed by atoms with Gasteiger partial charge in [-0.05, 0) is 0 Å². The summed E-state index contributed by atoms with van der Waals surface area (Å²) in [6.45, 7) is 0.